The molecule has 1 aromatic heterocycles. The third-order valence-corrected chi connectivity index (χ3v) is 3.54. The van der Waals surface area contributed by atoms with Crippen LogP contribution in [0.5, 0.6) is 0 Å². The summed E-state index contributed by atoms with van der Waals surface area (Å²) >= 11 is 0. The summed E-state index contributed by atoms with van der Waals surface area (Å²) in [5.74, 6) is -0.219. The van der Waals surface area contributed by atoms with Gasteiger partial charge in [-0.25, -0.2) is 4.68 Å². The summed E-state index contributed by atoms with van der Waals surface area (Å²) < 4.78 is 7.07. The Bertz CT molecular complexity index is 615. The molecule has 0 radical (unpaired) electrons. The number of nitrogens with zero attached hydrogens (tertiary/aromatic N) is 3. The van der Waals surface area contributed by atoms with Crippen LogP contribution in [0.3, 0.4) is 0 Å². The molecule has 1 fully saturated rings. The van der Waals surface area contributed by atoms with Gasteiger partial charge in [-0.3, -0.25) is 4.79 Å². The molecular weight excluding hydrogens is 268 g/mol. The van der Waals surface area contributed by atoms with Crippen molar-refractivity contribution in [3.8, 4) is 5.69 Å². The quantitative estimate of drug-likeness (QED) is 0.924. The molecule has 2 aromatic rings. The number of benzene rings is 1. The maximum Gasteiger partial charge on any atom is 0.273 e. The molecule has 1 atom stereocenters. The second kappa shape index (κ2) is 6.05. The van der Waals surface area contributed by atoms with Crippen LogP contribution in [-0.2, 0) is 4.74 Å². The molecule has 21 heavy (non-hydrogen) atoms. The molecule has 6 nitrogen and oxygen atoms in total. The van der Waals surface area contributed by atoms with E-state index in [2.05, 4.69) is 15.6 Å². The number of rotatable bonds is 4. The average Bonchev–Trinajstić information content (AvgIpc) is 3.17. The van der Waals surface area contributed by atoms with Crippen LogP contribution in [0.1, 0.15) is 28.9 Å². The topological polar surface area (TPSA) is 69.0 Å². The minimum absolute atomic E-state index is 0.126. The molecule has 110 valence electrons. The van der Waals surface area contributed by atoms with Gasteiger partial charge in [-0.05, 0) is 31.9 Å². The fourth-order valence-electron chi connectivity index (χ4n) is 2.29. The highest BCUT2D eigenvalue weighted by atomic mass is 16.5. The number of hydrogen-bond donors (Lipinski definition) is 1. The summed E-state index contributed by atoms with van der Waals surface area (Å²) in [6.07, 6.45) is 3.82. The molecule has 1 N–H and O–H groups in total. The molecule has 1 saturated heterocycles. The Morgan fingerprint density at radius 1 is 1.43 bits per heavy atom. The van der Waals surface area contributed by atoms with Gasteiger partial charge in [0.15, 0.2) is 5.69 Å². The zero-order valence-corrected chi connectivity index (χ0v) is 12.0. The second-order valence-electron chi connectivity index (χ2n) is 5.23. The van der Waals surface area contributed by atoms with E-state index in [-0.39, 0.29) is 12.0 Å². The summed E-state index contributed by atoms with van der Waals surface area (Å²) in [4.78, 5) is 12.0. The van der Waals surface area contributed by atoms with Crippen LogP contribution < -0.4 is 5.32 Å². The van der Waals surface area contributed by atoms with Crippen molar-refractivity contribution in [2.24, 2.45) is 0 Å². The number of carbonyl (C=O) groups is 1. The Balaban J connectivity index is 1.63. The largest absolute Gasteiger partial charge is 0.376 e. The monoisotopic (exact) mass is 286 g/mol. The summed E-state index contributed by atoms with van der Waals surface area (Å²) in [6.45, 7) is 3.33. The van der Waals surface area contributed by atoms with Gasteiger partial charge >= 0.3 is 0 Å². The molecule has 0 aliphatic carbocycles. The first-order valence-corrected chi connectivity index (χ1v) is 7.11. The molecule has 6 heteroatoms. The number of nitrogens with one attached hydrogen (secondary N) is 1. The standard InChI is InChI=1S/C15H18N4O2/c1-11-4-6-12(7-5-11)19-10-14(17-18-19)15(20)16-9-13-3-2-8-21-13/h4-7,10,13H,2-3,8-9H2,1H3,(H,16,20)/t13-/m1/s1. The first-order chi connectivity index (χ1) is 10.2. The summed E-state index contributed by atoms with van der Waals surface area (Å²) in [5, 5.41) is 10.7. The Morgan fingerprint density at radius 3 is 2.95 bits per heavy atom. The predicted octanol–water partition coefficient (Wildman–Crippen LogP) is 1.48. The lowest BCUT2D eigenvalue weighted by Gasteiger charge is -2.09. The van der Waals surface area contributed by atoms with E-state index < -0.39 is 0 Å². The number of carbonyl (C=O) groups excluding carboxylic acids is 1. The predicted molar refractivity (Wildman–Crippen MR) is 77.4 cm³/mol. The molecule has 0 bridgehead atoms. The first kappa shape index (κ1) is 13.8. The van der Waals surface area contributed by atoms with E-state index in [4.69, 9.17) is 4.74 Å². The SMILES string of the molecule is Cc1ccc(-n2cc(C(=O)NC[C@H]3CCCO3)nn2)cc1. The molecule has 0 spiro atoms. The normalized spacial score (nSPS) is 17.9. The molecule has 1 aromatic carbocycles. The average molecular weight is 286 g/mol. The van der Waals surface area contributed by atoms with Crippen LogP contribution in [0.25, 0.3) is 5.69 Å². The van der Waals surface area contributed by atoms with Gasteiger partial charge in [-0.2, -0.15) is 0 Å². The van der Waals surface area contributed by atoms with Gasteiger partial charge < -0.3 is 10.1 Å². The summed E-state index contributed by atoms with van der Waals surface area (Å²) in [7, 11) is 0. The van der Waals surface area contributed by atoms with E-state index in [1.807, 2.05) is 31.2 Å². The zero-order chi connectivity index (χ0) is 14.7. The van der Waals surface area contributed by atoms with Crippen molar-refractivity contribution in [1.29, 1.82) is 0 Å². The third-order valence-electron chi connectivity index (χ3n) is 3.54. The minimum Gasteiger partial charge on any atom is -0.376 e. The van der Waals surface area contributed by atoms with E-state index in [1.54, 1.807) is 10.9 Å². The molecule has 2 heterocycles. The maximum atomic E-state index is 12.0. The Morgan fingerprint density at radius 2 is 2.24 bits per heavy atom. The molecule has 3 rings (SSSR count). The molecule has 1 amide bonds. The van der Waals surface area contributed by atoms with Crippen molar-refractivity contribution in [2.75, 3.05) is 13.2 Å². The highest BCUT2D eigenvalue weighted by Gasteiger charge is 2.18. The van der Waals surface area contributed by atoms with Gasteiger partial charge in [0.25, 0.3) is 5.91 Å². The van der Waals surface area contributed by atoms with Crippen LogP contribution in [-0.4, -0.2) is 40.2 Å². The number of aromatic nitrogens is 3. The molecule has 1 aliphatic heterocycles. The van der Waals surface area contributed by atoms with Gasteiger partial charge in [0, 0.05) is 13.2 Å². The fraction of sp³-hybridized carbons (Fsp3) is 0.400. The van der Waals surface area contributed by atoms with Crippen LogP contribution in [0.2, 0.25) is 0 Å². The molecular formula is C15H18N4O2. The van der Waals surface area contributed by atoms with Crippen LogP contribution in [0.15, 0.2) is 30.5 Å². The maximum absolute atomic E-state index is 12.0. The van der Waals surface area contributed by atoms with Crippen LogP contribution in [0.4, 0.5) is 0 Å². The fourth-order valence-corrected chi connectivity index (χ4v) is 2.29. The van der Waals surface area contributed by atoms with E-state index in [9.17, 15) is 4.79 Å². The van der Waals surface area contributed by atoms with E-state index >= 15 is 0 Å². The Kier molecular flexibility index (Phi) is 3.96. The highest BCUT2D eigenvalue weighted by molar-refractivity contribution is 5.91. The molecule has 0 saturated carbocycles. The Hall–Kier alpha value is -2.21. The highest BCUT2D eigenvalue weighted by Crippen LogP contribution is 2.11. The number of aryl methyl sites for hydroxylation is 1. The van der Waals surface area contributed by atoms with Crippen molar-refractivity contribution in [3.05, 3.63) is 41.7 Å². The summed E-state index contributed by atoms with van der Waals surface area (Å²) in [5.41, 5.74) is 2.37. The smallest absolute Gasteiger partial charge is 0.273 e. The van der Waals surface area contributed by atoms with Crippen molar-refractivity contribution < 1.29 is 9.53 Å². The van der Waals surface area contributed by atoms with E-state index in [0.717, 1.165) is 25.1 Å². The van der Waals surface area contributed by atoms with Crippen LogP contribution >= 0.6 is 0 Å². The number of hydrogen-bond acceptors (Lipinski definition) is 4. The van der Waals surface area contributed by atoms with Gasteiger partial charge in [0.2, 0.25) is 0 Å². The van der Waals surface area contributed by atoms with Gasteiger partial charge in [0.05, 0.1) is 18.0 Å². The van der Waals surface area contributed by atoms with E-state index in [0.29, 0.717) is 12.2 Å². The van der Waals surface area contributed by atoms with Gasteiger partial charge in [-0.15, -0.1) is 5.10 Å². The molecule has 1 aliphatic rings. The first-order valence-electron chi connectivity index (χ1n) is 7.11. The summed E-state index contributed by atoms with van der Waals surface area (Å²) in [6, 6.07) is 7.87. The third kappa shape index (κ3) is 3.28. The Labute approximate surface area is 123 Å². The van der Waals surface area contributed by atoms with Crippen molar-refractivity contribution in [1.82, 2.24) is 20.3 Å². The second-order valence-corrected chi connectivity index (χ2v) is 5.23. The lowest BCUT2D eigenvalue weighted by Crippen LogP contribution is -2.31. The number of ether oxygens (including phenoxy) is 1. The van der Waals surface area contributed by atoms with Crippen LogP contribution in [0, 0.1) is 6.92 Å². The van der Waals surface area contributed by atoms with E-state index in [1.165, 1.54) is 5.56 Å². The van der Waals surface area contributed by atoms with Gasteiger partial charge in [-0.1, -0.05) is 22.9 Å². The van der Waals surface area contributed by atoms with Crippen molar-refractivity contribution in [3.63, 3.8) is 0 Å². The van der Waals surface area contributed by atoms with Crippen molar-refractivity contribution in [2.45, 2.75) is 25.9 Å². The molecule has 0 unspecified atom stereocenters. The zero-order valence-electron chi connectivity index (χ0n) is 12.0. The number of amides is 1. The van der Waals surface area contributed by atoms with Crippen molar-refractivity contribution >= 4 is 5.91 Å². The lowest BCUT2D eigenvalue weighted by atomic mass is 10.2. The van der Waals surface area contributed by atoms with Gasteiger partial charge in [0.1, 0.15) is 0 Å². The minimum atomic E-state index is -0.219. The lowest BCUT2D eigenvalue weighted by molar-refractivity contribution is 0.0853.